The van der Waals surface area contributed by atoms with Crippen molar-refractivity contribution in [2.75, 3.05) is 13.2 Å². The Hall–Kier alpha value is -2.02. The molecule has 1 aliphatic rings. The maximum atomic E-state index is 13.5. The second-order valence-corrected chi connectivity index (χ2v) is 4.53. The molecule has 0 saturated carbocycles. The Labute approximate surface area is 107 Å². The van der Waals surface area contributed by atoms with Crippen LogP contribution >= 0.6 is 0 Å². The quantitative estimate of drug-likeness (QED) is 0.892. The first-order valence-electron chi connectivity index (χ1n) is 6.02. The molecule has 0 amide bonds. The van der Waals surface area contributed by atoms with E-state index in [4.69, 9.17) is 9.84 Å². The van der Waals surface area contributed by atoms with Crippen LogP contribution in [0.25, 0.3) is 11.0 Å². The minimum atomic E-state index is -1.30. The van der Waals surface area contributed by atoms with Crippen molar-refractivity contribution in [1.82, 2.24) is 15.0 Å². The summed E-state index contributed by atoms with van der Waals surface area (Å²) >= 11 is 0. The molecule has 1 fully saturated rings. The first-order valence-corrected chi connectivity index (χ1v) is 6.02. The van der Waals surface area contributed by atoms with Gasteiger partial charge in [-0.25, -0.2) is 13.9 Å². The Morgan fingerprint density at radius 1 is 1.53 bits per heavy atom. The van der Waals surface area contributed by atoms with E-state index in [0.717, 1.165) is 25.5 Å². The molecular weight excluding hydrogens is 253 g/mol. The molecule has 100 valence electrons. The molecule has 7 heteroatoms. The minimum absolute atomic E-state index is 0.0193. The van der Waals surface area contributed by atoms with E-state index >= 15 is 0 Å². The lowest BCUT2D eigenvalue weighted by molar-refractivity contribution is 0.0558. The number of aromatic carboxylic acids is 1. The zero-order valence-electron chi connectivity index (χ0n) is 10.0. The number of fused-ring (bicyclic) bond motifs is 1. The van der Waals surface area contributed by atoms with Gasteiger partial charge in [0.05, 0.1) is 23.7 Å². The Morgan fingerprint density at radius 3 is 3.05 bits per heavy atom. The van der Waals surface area contributed by atoms with E-state index in [9.17, 15) is 9.18 Å². The minimum Gasteiger partial charge on any atom is -0.478 e. The lowest BCUT2D eigenvalue weighted by Crippen LogP contribution is -2.22. The van der Waals surface area contributed by atoms with E-state index in [1.165, 1.54) is 6.07 Å². The molecule has 1 aromatic heterocycles. The highest BCUT2D eigenvalue weighted by Crippen LogP contribution is 2.24. The zero-order valence-corrected chi connectivity index (χ0v) is 10.0. The van der Waals surface area contributed by atoms with Crippen molar-refractivity contribution in [3.05, 3.63) is 23.5 Å². The van der Waals surface area contributed by atoms with E-state index in [-0.39, 0.29) is 11.6 Å². The van der Waals surface area contributed by atoms with Crippen LogP contribution in [0.3, 0.4) is 0 Å². The Balaban J connectivity index is 2.10. The number of hydrogen-bond donors (Lipinski definition) is 1. The standard InChI is InChI=1S/C12H12FN3O3/c13-9-5-10-11(4-8(9)12(17)18)16(15-14-10)7-2-1-3-19-6-7/h4-5,7H,1-3,6H2,(H,17,18). The topological polar surface area (TPSA) is 77.2 Å². The van der Waals surface area contributed by atoms with Gasteiger partial charge in [0.15, 0.2) is 0 Å². The molecule has 0 radical (unpaired) electrons. The molecule has 1 aliphatic heterocycles. The van der Waals surface area contributed by atoms with Gasteiger partial charge >= 0.3 is 5.97 Å². The molecule has 0 spiro atoms. The Bertz CT molecular complexity index is 634. The number of carboxylic acids is 1. The van der Waals surface area contributed by atoms with E-state index < -0.39 is 11.8 Å². The van der Waals surface area contributed by atoms with Crippen molar-refractivity contribution in [2.24, 2.45) is 0 Å². The zero-order chi connectivity index (χ0) is 13.4. The van der Waals surface area contributed by atoms with E-state index in [2.05, 4.69) is 10.3 Å². The summed E-state index contributed by atoms with van der Waals surface area (Å²) in [6.07, 6.45) is 1.80. The van der Waals surface area contributed by atoms with Gasteiger partial charge < -0.3 is 9.84 Å². The Morgan fingerprint density at radius 2 is 2.37 bits per heavy atom. The second-order valence-electron chi connectivity index (χ2n) is 4.53. The normalized spacial score (nSPS) is 19.7. The smallest absolute Gasteiger partial charge is 0.338 e. The summed E-state index contributed by atoms with van der Waals surface area (Å²) in [6.45, 7) is 1.23. The molecule has 6 nitrogen and oxygen atoms in total. The number of aromatic nitrogens is 3. The number of halogens is 1. The third-order valence-corrected chi connectivity index (χ3v) is 3.27. The van der Waals surface area contributed by atoms with Crippen molar-refractivity contribution < 1.29 is 19.0 Å². The summed E-state index contributed by atoms with van der Waals surface area (Å²) < 4.78 is 20.5. The second kappa shape index (κ2) is 4.58. The van der Waals surface area contributed by atoms with Crippen molar-refractivity contribution in [3.63, 3.8) is 0 Å². The molecule has 0 aliphatic carbocycles. The number of benzene rings is 1. The van der Waals surface area contributed by atoms with Crippen LogP contribution in [0.1, 0.15) is 29.2 Å². The largest absolute Gasteiger partial charge is 0.478 e. The number of carboxylic acid groups (broad SMARTS) is 1. The summed E-state index contributed by atoms with van der Waals surface area (Å²) in [7, 11) is 0. The molecule has 2 heterocycles. The summed E-state index contributed by atoms with van der Waals surface area (Å²) in [5, 5.41) is 16.8. The molecule has 19 heavy (non-hydrogen) atoms. The molecule has 0 bridgehead atoms. The van der Waals surface area contributed by atoms with Crippen molar-refractivity contribution in [2.45, 2.75) is 18.9 Å². The predicted molar refractivity (Wildman–Crippen MR) is 63.5 cm³/mol. The van der Waals surface area contributed by atoms with Gasteiger partial charge in [0.2, 0.25) is 0 Å². The highest BCUT2D eigenvalue weighted by atomic mass is 19.1. The van der Waals surface area contributed by atoms with Crippen LogP contribution in [0.2, 0.25) is 0 Å². The van der Waals surface area contributed by atoms with Crippen molar-refractivity contribution in [3.8, 4) is 0 Å². The monoisotopic (exact) mass is 265 g/mol. The summed E-state index contributed by atoms with van der Waals surface area (Å²) in [6, 6.07) is 2.40. The molecule has 1 unspecified atom stereocenters. The highest BCUT2D eigenvalue weighted by Gasteiger charge is 2.21. The maximum Gasteiger partial charge on any atom is 0.338 e. The number of hydrogen-bond acceptors (Lipinski definition) is 4. The van der Waals surface area contributed by atoms with Crippen LogP contribution < -0.4 is 0 Å². The molecule has 1 atom stereocenters. The average Bonchev–Trinajstić information content (AvgIpc) is 2.81. The first-order chi connectivity index (χ1) is 9.16. The molecule has 1 N–H and O–H groups in total. The Kier molecular flexibility index (Phi) is 2.90. The lowest BCUT2D eigenvalue weighted by atomic mass is 10.1. The van der Waals surface area contributed by atoms with Crippen molar-refractivity contribution >= 4 is 17.0 Å². The average molecular weight is 265 g/mol. The van der Waals surface area contributed by atoms with Crippen LogP contribution in [-0.2, 0) is 4.74 Å². The van der Waals surface area contributed by atoms with E-state index in [1.54, 1.807) is 4.68 Å². The predicted octanol–water partition coefficient (Wildman–Crippen LogP) is 1.62. The van der Waals surface area contributed by atoms with Gasteiger partial charge in [0.1, 0.15) is 11.3 Å². The molecular formula is C12H12FN3O3. The van der Waals surface area contributed by atoms with Crippen LogP contribution in [-0.4, -0.2) is 39.3 Å². The highest BCUT2D eigenvalue weighted by molar-refractivity contribution is 5.92. The number of nitrogens with zero attached hydrogens (tertiary/aromatic N) is 3. The van der Waals surface area contributed by atoms with Crippen LogP contribution in [0.15, 0.2) is 12.1 Å². The van der Waals surface area contributed by atoms with E-state index in [0.29, 0.717) is 17.6 Å². The summed E-state index contributed by atoms with van der Waals surface area (Å²) in [4.78, 5) is 11.0. The van der Waals surface area contributed by atoms with Crippen LogP contribution in [0.5, 0.6) is 0 Å². The van der Waals surface area contributed by atoms with Gasteiger partial charge in [0.25, 0.3) is 0 Å². The van der Waals surface area contributed by atoms with Crippen molar-refractivity contribution in [1.29, 1.82) is 0 Å². The van der Waals surface area contributed by atoms with Gasteiger partial charge in [-0.2, -0.15) is 0 Å². The number of ether oxygens (including phenoxy) is 1. The maximum absolute atomic E-state index is 13.5. The van der Waals surface area contributed by atoms with Gasteiger partial charge in [0, 0.05) is 12.7 Å². The summed E-state index contributed by atoms with van der Waals surface area (Å²) in [5.74, 6) is -2.10. The fraction of sp³-hybridized carbons (Fsp3) is 0.417. The van der Waals surface area contributed by atoms with E-state index in [1.807, 2.05) is 0 Å². The number of rotatable bonds is 2. The molecule has 2 aromatic rings. The van der Waals surface area contributed by atoms with Gasteiger partial charge in [-0.3, -0.25) is 0 Å². The third-order valence-electron chi connectivity index (χ3n) is 3.27. The molecule has 1 aromatic carbocycles. The molecule has 1 saturated heterocycles. The fourth-order valence-electron chi connectivity index (χ4n) is 2.31. The first kappa shape index (κ1) is 12.0. The van der Waals surface area contributed by atoms with Gasteiger partial charge in [-0.15, -0.1) is 5.10 Å². The molecule has 3 rings (SSSR count). The SMILES string of the molecule is O=C(O)c1cc2c(cc1F)nnn2C1CCCOC1. The summed E-state index contributed by atoms with van der Waals surface area (Å²) in [5.41, 5.74) is 0.509. The third kappa shape index (κ3) is 2.06. The fourth-order valence-corrected chi connectivity index (χ4v) is 2.31. The number of carbonyl (C=O) groups is 1. The van der Waals surface area contributed by atoms with Gasteiger partial charge in [-0.05, 0) is 18.9 Å². The van der Waals surface area contributed by atoms with Gasteiger partial charge in [-0.1, -0.05) is 5.21 Å². The lowest BCUT2D eigenvalue weighted by Gasteiger charge is -2.22. The van der Waals surface area contributed by atoms with Crippen LogP contribution in [0, 0.1) is 5.82 Å². The van der Waals surface area contributed by atoms with Crippen LogP contribution in [0.4, 0.5) is 4.39 Å².